The maximum absolute atomic E-state index is 11.8. The third kappa shape index (κ3) is 4.50. The number of fused-ring (bicyclic) bond motifs is 1. The van der Waals surface area contributed by atoms with Gasteiger partial charge in [0.15, 0.2) is 0 Å². The van der Waals surface area contributed by atoms with E-state index in [-0.39, 0.29) is 5.91 Å². The van der Waals surface area contributed by atoms with Gasteiger partial charge in [-0.2, -0.15) is 0 Å². The molecule has 0 fully saturated rings. The highest BCUT2D eigenvalue weighted by Gasteiger charge is 2.12. The molecule has 0 aliphatic rings. The van der Waals surface area contributed by atoms with Gasteiger partial charge in [-0.05, 0) is 42.5 Å². The fourth-order valence-electron chi connectivity index (χ4n) is 3.30. The quantitative estimate of drug-likeness (QED) is 0.573. The zero-order chi connectivity index (χ0) is 20.1. The molecule has 1 amide bonds. The van der Waals surface area contributed by atoms with Gasteiger partial charge in [-0.3, -0.25) is 4.79 Å². The number of imidazole rings is 1. The Morgan fingerprint density at radius 1 is 1.18 bits per heavy atom. The first-order valence-corrected chi connectivity index (χ1v) is 9.96. The van der Waals surface area contributed by atoms with Crippen LogP contribution in [0, 0.1) is 0 Å². The van der Waals surface area contributed by atoms with Crippen LogP contribution in [0.3, 0.4) is 0 Å². The Morgan fingerprint density at radius 2 is 1.89 bits per heavy atom. The van der Waals surface area contributed by atoms with Crippen molar-refractivity contribution in [2.75, 3.05) is 6.54 Å². The number of nitrogens with zero attached hydrogens (tertiary/aromatic N) is 2. The number of hydrogen-bond acceptors (Lipinski definition) is 2. The van der Waals surface area contributed by atoms with E-state index in [1.165, 1.54) is 11.1 Å². The van der Waals surface area contributed by atoms with Crippen molar-refractivity contribution in [3.05, 3.63) is 77.6 Å². The summed E-state index contributed by atoms with van der Waals surface area (Å²) in [7, 11) is 0. The fourth-order valence-corrected chi connectivity index (χ4v) is 3.30. The number of para-hydroxylation sites is 2. The molecule has 0 bridgehead atoms. The standard InChI is InChI=1S/C24H29N3O/c1-5-18(4)20-12-10-19(11-13-20)16-27-22-9-7-6-8-21(22)26-23(27)14-15-25-24(28)17(2)3/h6-13,18H,2,5,14-16H2,1,3-4H3,(H,25,28). The molecule has 1 heterocycles. The minimum absolute atomic E-state index is 0.108. The lowest BCUT2D eigenvalue weighted by Crippen LogP contribution is -2.26. The average molecular weight is 376 g/mol. The van der Waals surface area contributed by atoms with Gasteiger partial charge in [0.05, 0.1) is 11.0 Å². The molecule has 0 aliphatic carbocycles. The molecule has 0 aliphatic heterocycles. The average Bonchev–Trinajstić information content (AvgIpc) is 3.05. The van der Waals surface area contributed by atoms with Gasteiger partial charge in [-0.1, -0.05) is 56.8 Å². The van der Waals surface area contributed by atoms with Crippen molar-refractivity contribution in [3.8, 4) is 0 Å². The molecule has 0 saturated carbocycles. The van der Waals surface area contributed by atoms with Gasteiger partial charge in [-0.15, -0.1) is 0 Å². The van der Waals surface area contributed by atoms with Crippen LogP contribution in [0.4, 0.5) is 0 Å². The van der Waals surface area contributed by atoms with Crippen molar-refractivity contribution in [1.29, 1.82) is 0 Å². The van der Waals surface area contributed by atoms with E-state index >= 15 is 0 Å². The number of amides is 1. The summed E-state index contributed by atoms with van der Waals surface area (Å²) in [5.74, 6) is 1.45. The van der Waals surface area contributed by atoms with Gasteiger partial charge < -0.3 is 9.88 Å². The van der Waals surface area contributed by atoms with Crippen molar-refractivity contribution in [2.45, 2.75) is 46.1 Å². The zero-order valence-corrected chi connectivity index (χ0v) is 17.0. The monoisotopic (exact) mass is 375 g/mol. The van der Waals surface area contributed by atoms with Crippen molar-refractivity contribution in [1.82, 2.24) is 14.9 Å². The molecule has 146 valence electrons. The summed E-state index contributed by atoms with van der Waals surface area (Å²) in [5, 5.41) is 2.90. The SMILES string of the molecule is C=C(C)C(=O)NCCc1nc2ccccc2n1Cc1ccc(C(C)CC)cc1. The lowest BCUT2D eigenvalue weighted by atomic mass is 9.98. The number of aromatic nitrogens is 2. The largest absolute Gasteiger partial charge is 0.352 e. The molecule has 4 heteroatoms. The lowest BCUT2D eigenvalue weighted by molar-refractivity contribution is -0.117. The molecule has 0 spiro atoms. The first-order valence-electron chi connectivity index (χ1n) is 9.96. The molecule has 1 atom stereocenters. The minimum Gasteiger partial charge on any atom is -0.352 e. The normalized spacial score (nSPS) is 12.1. The molecule has 0 radical (unpaired) electrons. The number of benzene rings is 2. The smallest absolute Gasteiger partial charge is 0.246 e. The first-order chi connectivity index (χ1) is 13.5. The molecule has 4 nitrogen and oxygen atoms in total. The van der Waals surface area contributed by atoms with Crippen molar-refractivity contribution in [3.63, 3.8) is 0 Å². The first kappa shape index (κ1) is 19.9. The van der Waals surface area contributed by atoms with Gasteiger partial charge in [0.2, 0.25) is 5.91 Å². The molecule has 0 saturated heterocycles. The van der Waals surface area contributed by atoms with Crippen LogP contribution < -0.4 is 5.32 Å². The van der Waals surface area contributed by atoms with Gasteiger partial charge >= 0.3 is 0 Å². The summed E-state index contributed by atoms with van der Waals surface area (Å²) in [5.41, 5.74) is 5.26. The van der Waals surface area contributed by atoms with Crippen molar-refractivity contribution >= 4 is 16.9 Å². The number of rotatable bonds is 8. The molecular formula is C24H29N3O. The van der Waals surface area contributed by atoms with Crippen molar-refractivity contribution < 1.29 is 4.79 Å². The van der Waals surface area contributed by atoms with Crippen LogP contribution in [-0.4, -0.2) is 22.0 Å². The Balaban J connectivity index is 1.82. The van der Waals surface area contributed by atoms with E-state index in [2.05, 4.69) is 60.6 Å². The Hall–Kier alpha value is -2.88. The molecular weight excluding hydrogens is 346 g/mol. The van der Waals surface area contributed by atoms with E-state index < -0.39 is 0 Å². The van der Waals surface area contributed by atoms with E-state index in [1.807, 2.05) is 18.2 Å². The molecule has 1 aromatic heterocycles. The zero-order valence-electron chi connectivity index (χ0n) is 17.0. The summed E-state index contributed by atoms with van der Waals surface area (Å²) < 4.78 is 2.25. The third-order valence-corrected chi connectivity index (χ3v) is 5.26. The fraction of sp³-hybridized carbons (Fsp3) is 0.333. The molecule has 1 unspecified atom stereocenters. The van der Waals surface area contributed by atoms with E-state index in [9.17, 15) is 4.79 Å². The van der Waals surface area contributed by atoms with E-state index in [0.717, 1.165) is 29.8 Å². The maximum atomic E-state index is 11.8. The number of nitrogens with one attached hydrogen (secondary N) is 1. The van der Waals surface area contributed by atoms with Crippen LogP contribution >= 0.6 is 0 Å². The second-order valence-corrected chi connectivity index (χ2v) is 7.44. The van der Waals surface area contributed by atoms with Gasteiger partial charge in [0.25, 0.3) is 0 Å². The van der Waals surface area contributed by atoms with Crippen LogP contribution in [0.15, 0.2) is 60.7 Å². The number of carbonyl (C=O) groups is 1. The molecule has 2 aromatic carbocycles. The second-order valence-electron chi connectivity index (χ2n) is 7.44. The van der Waals surface area contributed by atoms with Crippen LogP contribution in [0.25, 0.3) is 11.0 Å². The van der Waals surface area contributed by atoms with Crippen LogP contribution in [0.1, 0.15) is 50.1 Å². The van der Waals surface area contributed by atoms with Crippen LogP contribution in [0.5, 0.6) is 0 Å². The number of carbonyl (C=O) groups excluding carboxylic acids is 1. The van der Waals surface area contributed by atoms with Crippen molar-refractivity contribution in [2.24, 2.45) is 0 Å². The Morgan fingerprint density at radius 3 is 2.57 bits per heavy atom. The highest BCUT2D eigenvalue weighted by Crippen LogP contribution is 2.21. The van der Waals surface area contributed by atoms with Gasteiger partial charge in [-0.25, -0.2) is 4.98 Å². The highest BCUT2D eigenvalue weighted by molar-refractivity contribution is 5.92. The van der Waals surface area contributed by atoms with Gasteiger partial charge in [0, 0.05) is 25.1 Å². The molecule has 28 heavy (non-hydrogen) atoms. The predicted octanol–water partition coefficient (Wildman–Crippen LogP) is 4.83. The van der Waals surface area contributed by atoms with E-state index in [0.29, 0.717) is 24.5 Å². The second kappa shape index (κ2) is 8.87. The topological polar surface area (TPSA) is 46.9 Å². The number of hydrogen-bond donors (Lipinski definition) is 1. The summed E-state index contributed by atoms with van der Waals surface area (Å²) in [6, 6.07) is 17.1. The van der Waals surface area contributed by atoms with Gasteiger partial charge in [0.1, 0.15) is 5.82 Å². The lowest BCUT2D eigenvalue weighted by Gasteiger charge is -2.12. The predicted molar refractivity (Wildman–Crippen MR) is 116 cm³/mol. The summed E-state index contributed by atoms with van der Waals surface area (Å²) in [6.07, 6.45) is 1.82. The van der Waals surface area contributed by atoms with E-state index in [4.69, 9.17) is 4.98 Å². The Kier molecular flexibility index (Phi) is 6.30. The summed E-state index contributed by atoms with van der Waals surface area (Å²) >= 11 is 0. The molecule has 1 N–H and O–H groups in total. The highest BCUT2D eigenvalue weighted by atomic mass is 16.1. The summed E-state index contributed by atoms with van der Waals surface area (Å²) in [4.78, 5) is 16.6. The summed E-state index contributed by atoms with van der Waals surface area (Å²) in [6.45, 7) is 11.2. The Labute approximate surface area is 167 Å². The van der Waals surface area contributed by atoms with E-state index in [1.54, 1.807) is 6.92 Å². The molecule has 3 aromatic rings. The minimum atomic E-state index is -0.108. The Bertz CT molecular complexity index is 969. The molecule has 3 rings (SSSR count). The third-order valence-electron chi connectivity index (χ3n) is 5.26. The van der Waals surface area contributed by atoms with Crippen LogP contribution in [0.2, 0.25) is 0 Å². The maximum Gasteiger partial charge on any atom is 0.246 e. The van der Waals surface area contributed by atoms with Crippen LogP contribution in [-0.2, 0) is 17.8 Å².